The molecular weight excluding hydrogens is 277 g/mol. The molecular formula is C12H19Cl2NO3. The molecule has 0 saturated heterocycles. The molecule has 0 aliphatic rings. The van der Waals surface area contributed by atoms with Gasteiger partial charge in [-0.2, -0.15) is 0 Å². The molecule has 0 spiro atoms. The van der Waals surface area contributed by atoms with E-state index >= 15 is 0 Å². The first-order valence-electron chi connectivity index (χ1n) is 5.60. The minimum absolute atomic E-state index is 0.0694. The maximum atomic E-state index is 8.48. The molecule has 1 aromatic rings. The third kappa shape index (κ3) is 8.69. The average Bonchev–Trinajstić information content (AvgIpc) is 2.35. The molecule has 0 amide bonds. The molecule has 0 bridgehead atoms. The lowest BCUT2D eigenvalue weighted by molar-refractivity contribution is 0.136. The summed E-state index contributed by atoms with van der Waals surface area (Å²) in [7, 11) is 0. The Morgan fingerprint density at radius 1 is 0.778 bits per heavy atom. The van der Waals surface area contributed by atoms with Crippen LogP contribution in [0.15, 0.2) is 24.3 Å². The molecule has 0 atom stereocenters. The van der Waals surface area contributed by atoms with Gasteiger partial charge in [0.1, 0.15) is 0 Å². The Morgan fingerprint density at radius 2 is 1.11 bits per heavy atom. The first kappa shape index (κ1) is 17.6. The van der Waals surface area contributed by atoms with Gasteiger partial charge < -0.3 is 15.3 Å². The van der Waals surface area contributed by atoms with Crippen LogP contribution in [0, 0.1) is 0 Å². The van der Waals surface area contributed by atoms with Crippen molar-refractivity contribution in [2.24, 2.45) is 0 Å². The zero-order valence-corrected chi connectivity index (χ0v) is 11.6. The number of hydrogen-bond acceptors (Lipinski definition) is 4. The molecule has 3 N–H and O–H groups in total. The van der Waals surface area contributed by atoms with E-state index in [0.29, 0.717) is 29.7 Å². The molecule has 0 aliphatic heterocycles. The van der Waals surface area contributed by atoms with Crippen LogP contribution in [0.4, 0.5) is 0 Å². The Hall–Kier alpha value is -0.360. The van der Waals surface area contributed by atoms with Crippen LogP contribution >= 0.6 is 23.2 Å². The second kappa shape index (κ2) is 11.7. The molecule has 1 aromatic carbocycles. The van der Waals surface area contributed by atoms with Gasteiger partial charge in [-0.3, -0.25) is 4.90 Å². The molecule has 4 nitrogen and oxygen atoms in total. The highest BCUT2D eigenvalue weighted by atomic mass is 35.5. The Labute approximate surface area is 117 Å². The van der Waals surface area contributed by atoms with E-state index in [1.54, 1.807) is 17.0 Å². The Balaban J connectivity index is 0.000000327. The number of aliphatic hydroxyl groups is 3. The average molecular weight is 296 g/mol. The van der Waals surface area contributed by atoms with Gasteiger partial charge in [-0.05, 0) is 12.1 Å². The summed E-state index contributed by atoms with van der Waals surface area (Å²) >= 11 is 11.2. The second-order valence-electron chi connectivity index (χ2n) is 3.43. The van der Waals surface area contributed by atoms with Crippen molar-refractivity contribution in [2.45, 2.75) is 0 Å². The van der Waals surface area contributed by atoms with Crippen molar-refractivity contribution in [3.8, 4) is 0 Å². The normalized spacial score (nSPS) is 10.1. The molecule has 0 aromatic heterocycles. The lowest BCUT2D eigenvalue weighted by Crippen LogP contribution is -2.32. The predicted molar refractivity (Wildman–Crippen MR) is 74.2 cm³/mol. The third-order valence-electron chi connectivity index (χ3n) is 2.07. The molecule has 104 valence electrons. The summed E-state index contributed by atoms with van der Waals surface area (Å²) in [6, 6.07) is 7.19. The summed E-state index contributed by atoms with van der Waals surface area (Å²) in [4.78, 5) is 1.79. The van der Waals surface area contributed by atoms with Gasteiger partial charge in [0.15, 0.2) is 0 Å². The Bertz CT molecular complexity index is 278. The highest BCUT2D eigenvalue weighted by Gasteiger charge is 2.00. The minimum atomic E-state index is 0.0694. The van der Waals surface area contributed by atoms with Gasteiger partial charge in [-0.15, -0.1) is 0 Å². The standard InChI is InChI=1S/C6H4Cl2.C6H15NO3/c7-5-3-1-2-4-6(5)8;8-4-1-7(2-5-9)3-6-10/h1-4H;8-10H,1-6H2. The van der Waals surface area contributed by atoms with E-state index in [-0.39, 0.29) is 19.8 Å². The van der Waals surface area contributed by atoms with Crippen molar-refractivity contribution in [1.29, 1.82) is 0 Å². The van der Waals surface area contributed by atoms with E-state index < -0.39 is 0 Å². The third-order valence-corrected chi connectivity index (χ3v) is 2.83. The fraction of sp³-hybridized carbons (Fsp3) is 0.500. The summed E-state index contributed by atoms with van der Waals surface area (Å²) in [5.74, 6) is 0. The molecule has 0 radical (unpaired) electrons. The van der Waals surface area contributed by atoms with Crippen LogP contribution in [-0.4, -0.2) is 59.7 Å². The zero-order chi connectivity index (χ0) is 13.8. The van der Waals surface area contributed by atoms with E-state index in [2.05, 4.69) is 0 Å². The van der Waals surface area contributed by atoms with E-state index in [1.165, 1.54) is 0 Å². The van der Waals surface area contributed by atoms with E-state index in [0.717, 1.165) is 0 Å². The molecule has 0 heterocycles. The van der Waals surface area contributed by atoms with E-state index in [4.69, 9.17) is 38.5 Å². The summed E-state index contributed by atoms with van der Waals surface area (Å²) < 4.78 is 0. The molecule has 0 fully saturated rings. The monoisotopic (exact) mass is 295 g/mol. The van der Waals surface area contributed by atoms with Crippen LogP contribution in [-0.2, 0) is 0 Å². The van der Waals surface area contributed by atoms with Crippen molar-refractivity contribution in [3.05, 3.63) is 34.3 Å². The Kier molecular flexibility index (Phi) is 11.5. The van der Waals surface area contributed by atoms with Crippen LogP contribution in [0.1, 0.15) is 0 Å². The van der Waals surface area contributed by atoms with Gasteiger partial charge in [0.25, 0.3) is 0 Å². The van der Waals surface area contributed by atoms with Gasteiger partial charge in [0.05, 0.1) is 29.9 Å². The number of aliphatic hydroxyl groups excluding tert-OH is 3. The first-order chi connectivity index (χ1) is 8.65. The maximum absolute atomic E-state index is 8.48. The van der Waals surface area contributed by atoms with Crippen LogP contribution in [0.5, 0.6) is 0 Å². The smallest absolute Gasteiger partial charge is 0.0592 e. The molecule has 18 heavy (non-hydrogen) atoms. The highest BCUT2D eigenvalue weighted by molar-refractivity contribution is 6.41. The summed E-state index contributed by atoms with van der Waals surface area (Å²) in [5.41, 5.74) is 0. The van der Waals surface area contributed by atoms with Gasteiger partial charge in [-0.25, -0.2) is 0 Å². The van der Waals surface area contributed by atoms with Crippen molar-refractivity contribution >= 4 is 23.2 Å². The number of hydrogen-bond donors (Lipinski definition) is 3. The number of nitrogens with zero attached hydrogens (tertiary/aromatic N) is 1. The van der Waals surface area contributed by atoms with Crippen LogP contribution in [0.25, 0.3) is 0 Å². The predicted octanol–water partition coefficient (Wildman–Crippen LogP) is 1.26. The van der Waals surface area contributed by atoms with Crippen molar-refractivity contribution in [3.63, 3.8) is 0 Å². The number of rotatable bonds is 6. The quantitative estimate of drug-likeness (QED) is 0.739. The number of halogens is 2. The Morgan fingerprint density at radius 3 is 1.33 bits per heavy atom. The lowest BCUT2D eigenvalue weighted by Gasteiger charge is -2.17. The zero-order valence-electron chi connectivity index (χ0n) is 10.1. The van der Waals surface area contributed by atoms with Crippen molar-refractivity contribution in [2.75, 3.05) is 39.5 Å². The molecule has 6 heteroatoms. The topological polar surface area (TPSA) is 63.9 Å². The summed E-state index contributed by atoms with van der Waals surface area (Å²) in [6.07, 6.45) is 0. The SMILES string of the molecule is Clc1ccccc1Cl.OCCN(CCO)CCO. The number of benzene rings is 1. The van der Waals surface area contributed by atoms with Crippen LogP contribution in [0.2, 0.25) is 10.0 Å². The van der Waals surface area contributed by atoms with E-state index in [1.807, 2.05) is 12.1 Å². The molecule has 1 rings (SSSR count). The van der Waals surface area contributed by atoms with Crippen molar-refractivity contribution in [1.82, 2.24) is 4.90 Å². The second-order valence-corrected chi connectivity index (χ2v) is 4.24. The van der Waals surface area contributed by atoms with E-state index in [9.17, 15) is 0 Å². The molecule has 0 unspecified atom stereocenters. The van der Waals surface area contributed by atoms with Gasteiger partial charge in [0.2, 0.25) is 0 Å². The first-order valence-corrected chi connectivity index (χ1v) is 6.36. The van der Waals surface area contributed by atoms with Gasteiger partial charge >= 0.3 is 0 Å². The molecule has 0 aliphatic carbocycles. The fourth-order valence-electron chi connectivity index (χ4n) is 1.20. The van der Waals surface area contributed by atoms with Crippen LogP contribution in [0.3, 0.4) is 0 Å². The summed E-state index contributed by atoms with van der Waals surface area (Å²) in [5, 5.41) is 26.7. The van der Waals surface area contributed by atoms with Crippen LogP contribution < -0.4 is 0 Å². The van der Waals surface area contributed by atoms with Crippen molar-refractivity contribution < 1.29 is 15.3 Å². The fourth-order valence-corrected chi connectivity index (χ4v) is 1.47. The summed E-state index contributed by atoms with van der Waals surface area (Å²) in [6.45, 7) is 1.75. The van der Waals surface area contributed by atoms with Gasteiger partial charge in [-0.1, -0.05) is 35.3 Å². The highest BCUT2D eigenvalue weighted by Crippen LogP contribution is 2.19. The van der Waals surface area contributed by atoms with Gasteiger partial charge in [0, 0.05) is 19.6 Å². The lowest BCUT2D eigenvalue weighted by atomic mass is 10.4. The maximum Gasteiger partial charge on any atom is 0.0592 e. The largest absolute Gasteiger partial charge is 0.395 e. The molecule has 0 saturated carbocycles. The minimum Gasteiger partial charge on any atom is -0.395 e.